The first kappa shape index (κ1) is 13.4. The highest BCUT2D eigenvalue weighted by Crippen LogP contribution is 2.24. The van der Waals surface area contributed by atoms with Gasteiger partial charge in [-0.25, -0.2) is 0 Å². The summed E-state index contributed by atoms with van der Waals surface area (Å²) < 4.78 is 2.03. The molecule has 1 heterocycles. The van der Waals surface area contributed by atoms with Gasteiger partial charge in [-0.05, 0) is 30.7 Å². The molecule has 1 aromatic carbocycles. The van der Waals surface area contributed by atoms with Gasteiger partial charge < -0.3 is 4.57 Å². The number of aromatic nitrogens is 3. The van der Waals surface area contributed by atoms with Gasteiger partial charge in [0.15, 0.2) is 11.0 Å². The predicted molar refractivity (Wildman–Crippen MR) is 77.1 cm³/mol. The second-order valence-electron chi connectivity index (χ2n) is 4.07. The molecular formula is C13H16ClN3S. The van der Waals surface area contributed by atoms with Crippen molar-refractivity contribution < 1.29 is 0 Å². The van der Waals surface area contributed by atoms with Crippen LogP contribution in [-0.4, -0.2) is 20.5 Å². The summed E-state index contributed by atoms with van der Waals surface area (Å²) in [6.45, 7) is 2.19. The van der Waals surface area contributed by atoms with E-state index in [-0.39, 0.29) is 0 Å². The van der Waals surface area contributed by atoms with Crippen molar-refractivity contribution in [2.24, 2.45) is 7.05 Å². The lowest BCUT2D eigenvalue weighted by molar-refractivity contribution is 0.790. The minimum Gasteiger partial charge on any atom is -0.305 e. The summed E-state index contributed by atoms with van der Waals surface area (Å²) in [6, 6.07) is 7.67. The smallest absolute Gasteiger partial charge is 0.191 e. The molecule has 0 unspecified atom stereocenters. The van der Waals surface area contributed by atoms with Crippen molar-refractivity contribution in [2.75, 3.05) is 5.75 Å². The van der Waals surface area contributed by atoms with Crippen LogP contribution in [0.25, 0.3) is 11.4 Å². The fraction of sp³-hybridized carbons (Fsp3) is 0.385. The quantitative estimate of drug-likeness (QED) is 0.612. The highest BCUT2D eigenvalue weighted by atomic mass is 35.5. The van der Waals surface area contributed by atoms with E-state index < -0.39 is 0 Å². The van der Waals surface area contributed by atoms with Crippen LogP contribution in [0.3, 0.4) is 0 Å². The molecule has 2 aromatic rings. The minimum absolute atomic E-state index is 0.735. The number of nitrogens with zero attached hydrogens (tertiary/aromatic N) is 3. The minimum atomic E-state index is 0.735. The number of hydrogen-bond donors (Lipinski definition) is 0. The third-order valence-electron chi connectivity index (χ3n) is 2.67. The summed E-state index contributed by atoms with van der Waals surface area (Å²) in [7, 11) is 2.00. The van der Waals surface area contributed by atoms with Gasteiger partial charge in [0.25, 0.3) is 0 Å². The van der Waals surface area contributed by atoms with Crippen molar-refractivity contribution in [1.29, 1.82) is 0 Å². The van der Waals surface area contributed by atoms with Crippen LogP contribution in [0.5, 0.6) is 0 Å². The first-order valence-corrected chi connectivity index (χ1v) is 7.37. The normalized spacial score (nSPS) is 10.8. The Morgan fingerprint density at radius 1 is 1.22 bits per heavy atom. The standard InChI is InChI=1S/C13H16ClN3S/c1-3-4-9-18-13-16-15-12(17(13)2)10-5-7-11(14)8-6-10/h5-8H,3-4,9H2,1-2H3. The number of halogens is 1. The summed E-state index contributed by atoms with van der Waals surface area (Å²) in [4.78, 5) is 0. The monoisotopic (exact) mass is 281 g/mol. The van der Waals surface area contributed by atoms with Gasteiger partial charge in [-0.15, -0.1) is 10.2 Å². The van der Waals surface area contributed by atoms with Gasteiger partial charge in [0.1, 0.15) is 0 Å². The number of hydrogen-bond acceptors (Lipinski definition) is 3. The Labute approximate surface area is 117 Å². The topological polar surface area (TPSA) is 30.7 Å². The SMILES string of the molecule is CCCCSc1nnc(-c2ccc(Cl)cc2)n1C. The summed E-state index contributed by atoms with van der Waals surface area (Å²) in [5.41, 5.74) is 1.04. The van der Waals surface area contributed by atoms with E-state index in [0.29, 0.717) is 0 Å². The molecule has 0 aliphatic carbocycles. The molecule has 0 saturated heterocycles. The van der Waals surface area contributed by atoms with Crippen LogP contribution in [0, 0.1) is 0 Å². The maximum atomic E-state index is 5.88. The van der Waals surface area contributed by atoms with Crippen molar-refractivity contribution in [2.45, 2.75) is 24.9 Å². The van der Waals surface area contributed by atoms with Gasteiger partial charge in [-0.2, -0.15) is 0 Å². The molecule has 0 saturated carbocycles. The molecule has 0 aliphatic heterocycles. The van der Waals surface area contributed by atoms with Crippen LogP contribution in [-0.2, 0) is 7.05 Å². The average Bonchev–Trinajstić information content (AvgIpc) is 2.73. The molecule has 0 N–H and O–H groups in total. The Bertz CT molecular complexity index is 507. The van der Waals surface area contributed by atoms with E-state index >= 15 is 0 Å². The summed E-state index contributed by atoms with van der Waals surface area (Å²) in [6.07, 6.45) is 2.41. The molecule has 2 rings (SSSR count). The molecule has 0 atom stereocenters. The molecule has 18 heavy (non-hydrogen) atoms. The third-order valence-corrected chi connectivity index (χ3v) is 4.02. The molecule has 0 radical (unpaired) electrons. The van der Waals surface area contributed by atoms with Crippen LogP contribution in [0.1, 0.15) is 19.8 Å². The second-order valence-corrected chi connectivity index (χ2v) is 5.57. The fourth-order valence-corrected chi connectivity index (χ4v) is 2.72. The molecule has 0 aliphatic rings. The lowest BCUT2D eigenvalue weighted by Crippen LogP contribution is -1.95. The van der Waals surface area contributed by atoms with Crippen molar-refractivity contribution in [1.82, 2.24) is 14.8 Å². The number of thioether (sulfide) groups is 1. The van der Waals surface area contributed by atoms with Crippen molar-refractivity contribution in [3.8, 4) is 11.4 Å². The van der Waals surface area contributed by atoms with Crippen molar-refractivity contribution in [3.05, 3.63) is 29.3 Å². The van der Waals surface area contributed by atoms with E-state index in [1.54, 1.807) is 11.8 Å². The Morgan fingerprint density at radius 3 is 2.61 bits per heavy atom. The zero-order chi connectivity index (χ0) is 13.0. The van der Waals surface area contributed by atoms with Crippen molar-refractivity contribution >= 4 is 23.4 Å². The lowest BCUT2D eigenvalue weighted by atomic mass is 10.2. The van der Waals surface area contributed by atoms with E-state index in [1.165, 1.54) is 12.8 Å². The van der Waals surface area contributed by atoms with E-state index in [9.17, 15) is 0 Å². The Hall–Kier alpha value is -1.00. The molecule has 0 spiro atoms. The van der Waals surface area contributed by atoms with Crippen LogP contribution >= 0.6 is 23.4 Å². The Balaban J connectivity index is 2.17. The molecular weight excluding hydrogens is 266 g/mol. The van der Waals surface area contributed by atoms with Gasteiger partial charge in [-0.1, -0.05) is 36.7 Å². The third kappa shape index (κ3) is 3.06. The molecule has 3 nitrogen and oxygen atoms in total. The Morgan fingerprint density at radius 2 is 1.94 bits per heavy atom. The zero-order valence-corrected chi connectivity index (χ0v) is 12.1. The second kappa shape index (κ2) is 6.25. The summed E-state index contributed by atoms with van der Waals surface area (Å²) >= 11 is 7.64. The van der Waals surface area contributed by atoms with Gasteiger partial charge in [0, 0.05) is 23.4 Å². The molecule has 96 valence electrons. The molecule has 0 bridgehead atoms. The van der Waals surface area contributed by atoms with Crippen LogP contribution < -0.4 is 0 Å². The van der Waals surface area contributed by atoms with Crippen molar-refractivity contribution in [3.63, 3.8) is 0 Å². The van der Waals surface area contributed by atoms with E-state index in [0.717, 1.165) is 27.3 Å². The van der Waals surface area contributed by atoms with Gasteiger partial charge >= 0.3 is 0 Å². The zero-order valence-electron chi connectivity index (χ0n) is 10.6. The Kier molecular flexibility index (Phi) is 4.66. The first-order chi connectivity index (χ1) is 8.72. The highest BCUT2D eigenvalue weighted by molar-refractivity contribution is 7.99. The summed E-state index contributed by atoms with van der Waals surface area (Å²) in [5, 5.41) is 10.2. The number of unbranched alkanes of at least 4 members (excludes halogenated alkanes) is 1. The largest absolute Gasteiger partial charge is 0.305 e. The van der Waals surface area contributed by atoms with Gasteiger partial charge in [0.2, 0.25) is 0 Å². The molecule has 0 fully saturated rings. The number of rotatable bonds is 5. The molecule has 1 aromatic heterocycles. The summed E-state index contributed by atoms with van der Waals surface area (Å²) in [5.74, 6) is 1.97. The van der Waals surface area contributed by atoms with E-state index in [1.807, 2.05) is 35.9 Å². The maximum absolute atomic E-state index is 5.88. The predicted octanol–water partition coefficient (Wildman–Crippen LogP) is 4.03. The van der Waals surface area contributed by atoms with Crippen LogP contribution in [0.15, 0.2) is 29.4 Å². The first-order valence-electron chi connectivity index (χ1n) is 6.00. The van der Waals surface area contributed by atoms with E-state index in [2.05, 4.69) is 17.1 Å². The van der Waals surface area contributed by atoms with Crippen LogP contribution in [0.4, 0.5) is 0 Å². The van der Waals surface area contributed by atoms with Gasteiger partial charge in [-0.3, -0.25) is 0 Å². The maximum Gasteiger partial charge on any atom is 0.191 e. The van der Waals surface area contributed by atoms with Crippen LogP contribution in [0.2, 0.25) is 5.02 Å². The highest BCUT2D eigenvalue weighted by Gasteiger charge is 2.10. The average molecular weight is 282 g/mol. The fourth-order valence-electron chi connectivity index (χ4n) is 1.60. The van der Waals surface area contributed by atoms with Gasteiger partial charge in [0.05, 0.1) is 0 Å². The number of benzene rings is 1. The molecule has 0 amide bonds. The van der Waals surface area contributed by atoms with E-state index in [4.69, 9.17) is 11.6 Å². The lowest BCUT2D eigenvalue weighted by Gasteiger charge is -2.03. The molecule has 5 heteroatoms.